The van der Waals surface area contributed by atoms with Gasteiger partial charge in [-0.25, -0.2) is 9.18 Å². The summed E-state index contributed by atoms with van der Waals surface area (Å²) in [5, 5.41) is 13.2. The number of hydrogen-bond acceptors (Lipinski definition) is 5. The second-order valence-electron chi connectivity index (χ2n) is 5.98. The first-order valence-electron chi connectivity index (χ1n) is 7.72. The fourth-order valence-electron chi connectivity index (χ4n) is 3.38. The van der Waals surface area contributed by atoms with Gasteiger partial charge in [0.15, 0.2) is 0 Å². The summed E-state index contributed by atoms with van der Waals surface area (Å²) in [6, 6.07) is 1.69. The number of nitrogens with zero attached hydrogens (tertiary/aromatic N) is 2. The summed E-state index contributed by atoms with van der Waals surface area (Å²) in [7, 11) is 0. The van der Waals surface area contributed by atoms with Crippen LogP contribution in [0.5, 0.6) is 0 Å². The van der Waals surface area contributed by atoms with Gasteiger partial charge >= 0.3 is 5.97 Å². The van der Waals surface area contributed by atoms with E-state index in [9.17, 15) is 19.1 Å². The molecule has 3 heterocycles. The normalized spacial score (nSPS) is 16.8. The Hall–Kier alpha value is -2.06. The van der Waals surface area contributed by atoms with Crippen molar-refractivity contribution < 1.29 is 14.3 Å². The number of anilines is 1. The zero-order valence-corrected chi connectivity index (χ0v) is 13.9. The number of fused-ring (bicyclic) bond motifs is 3. The van der Waals surface area contributed by atoms with E-state index >= 15 is 0 Å². The van der Waals surface area contributed by atoms with Crippen LogP contribution in [-0.2, 0) is 5.88 Å². The lowest BCUT2D eigenvalue weighted by Crippen LogP contribution is -2.44. The molecular weight excluding hydrogens is 333 g/mol. The van der Waals surface area contributed by atoms with Crippen LogP contribution in [-0.4, -0.2) is 41.8 Å². The first-order chi connectivity index (χ1) is 11.5. The fourth-order valence-corrected chi connectivity index (χ4v) is 4.33. The minimum absolute atomic E-state index is 0.174. The van der Waals surface area contributed by atoms with E-state index in [4.69, 9.17) is 0 Å². The number of thioether (sulfide) groups is 1. The van der Waals surface area contributed by atoms with Crippen LogP contribution in [0.4, 0.5) is 10.1 Å². The summed E-state index contributed by atoms with van der Waals surface area (Å²) >= 11 is 1.33. The molecule has 0 atom stereocenters. The molecule has 0 bridgehead atoms. The van der Waals surface area contributed by atoms with Crippen molar-refractivity contribution >= 4 is 34.3 Å². The van der Waals surface area contributed by atoms with Crippen molar-refractivity contribution in [3.63, 3.8) is 0 Å². The van der Waals surface area contributed by atoms with Crippen LogP contribution in [0, 0.1) is 12.7 Å². The molecule has 1 aromatic heterocycles. The second-order valence-corrected chi connectivity index (χ2v) is 6.92. The summed E-state index contributed by atoms with van der Waals surface area (Å²) in [5.41, 5.74) is 0.470. The Kier molecular flexibility index (Phi) is 3.54. The highest BCUT2D eigenvalue weighted by molar-refractivity contribution is 7.99. The number of halogens is 1. The van der Waals surface area contributed by atoms with Gasteiger partial charge in [-0.05, 0) is 13.0 Å². The average Bonchev–Trinajstić information content (AvgIpc) is 2.53. The molecule has 2 aliphatic heterocycles. The van der Waals surface area contributed by atoms with Crippen molar-refractivity contribution in [2.75, 3.05) is 31.1 Å². The maximum Gasteiger partial charge on any atom is 0.342 e. The van der Waals surface area contributed by atoms with E-state index in [-0.39, 0.29) is 16.5 Å². The molecule has 126 valence electrons. The largest absolute Gasteiger partial charge is 0.477 e. The van der Waals surface area contributed by atoms with Gasteiger partial charge in [0.05, 0.1) is 27.5 Å². The maximum atomic E-state index is 14.9. The summed E-state index contributed by atoms with van der Waals surface area (Å²) in [6.45, 7) is 4.50. The smallest absolute Gasteiger partial charge is 0.342 e. The molecule has 4 rings (SSSR count). The number of aromatic nitrogens is 1. The maximum absolute atomic E-state index is 14.9. The Morgan fingerprint density at radius 1 is 1.38 bits per heavy atom. The zero-order valence-electron chi connectivity index (χ0n) is 13.1. The van der Waals surface area contributed by atoms with E-state index in [0.717, 1.165) is 13.1 Å². The summed E-state index contributed by atoms with van der Waals surface area (Å²) in [6.07, 6.45) is 0. The van der Waals surface area contributed by atoms with Crippen molar-refractivity contribution in [2.45, 2.75) is 17.8 Å². The summed E-state index contributed by atoms with van der Waals surface area (Å²) in [4.78, 5) is 26.1. The molecule has 0 saturated carbocycles. The molecule has 0 unspecified atom stereocenters. The van der Waals surface area contributed by atoms with E-state index in [2.05, 4.69) is 5.32 Å². The average molecular weight is 349 g/mol. The van der Waals surface area contributed by atoms with Gasteiger partial charge in [0.2, 0.25) is 5.43 Å². The number of aromatic carboxylic acids is 1. The first kappa shape index (κ1) is 15.5. The Balaban J connectivity index is 2.03. The van der Waals surface area contributed by atoms with Crippen LogP contribution in [0.25, 0.3) is 10.9 Å². The second kappa shape index (κ2) is 5.49. The van der Waals surface area contributed by atoms with Gasteiger partial charge in [-0.2, -0.15) is 0 Å². The number of pyridine rings is 1. The lowest BCUT2D eigenvalue weighted by Gasteiger charge is -2.32. The molecule has 0 aliphatic carbocycles. The third-order valence-corrected chi connectivity index (χ3v) is 5.75. The fraction of sp³-hybridized carbons (Fsp3) is 0.375. The Labute approximate surface area is 141 Å². The highest BCUT2D eigenvalue weighted by atomic mass is 32.2. The van der Waals surface area contributed by atoms with Gasteiger partial charge < -0.3 is 19.9 Å². The van der Waals surface area contributed by atoms with E-state index in [0.29, 0.717) is 35.2 Å². The number of carboxylic acids is 1. The van der Waals surface area contributed by atoms with E-state index in [1.807, 2.05) is 4.90 Å². The van der Waals surface area contributed by atoms with Gasteiger partial charge in [0.25, 0.3) is 0 Å². The number of carbonyl (C=O) groups is 1. The van der Waals surface area contributed by atoms with Crippen LogP contribution in [0.15, 0.2) is 15.9 Å². The van der Waals surface area contributed by atoms with Crippen LogP contribution >= 0.6 is 11.8 Å². The Morgan fingerprint density at radius 2 is 2.08 bits per heavy atom. The molecule has 0 amide bonds. The predicted molar refractivity (Wildman–Crippen MR) is 90.8 cm³/mol. The first-order valence-corrected chi connectivity index (χ1v) is 8.70. The van der Waals surface area contributed by atoms with Gasteiger partial charge in [-0.15, -0.1) is 0 Å². The molecule has 6 nitrogen and oxygen atoms in total. The molecule has 1 saturated heterocycles. The van der Waals surface area contributed by atoms with Crippen LogP contribution in [0.1, 0.15) is 15.9 Å². The number of nitrogens with one attached hydrogen (secondary N) is 1. The molecule has 24 heavy (non-hydrogen) atoms. The van der Waals surface area contributed by atoms with Crippen LogP contribution < -0.4 is 15.6 Å². The minimum atomic E-state index is -1.26. The SMILES string of the molecule is Cc1c(F)c(N2CCNCC2)cc2c1c(=O)c(C(=O)O)c1n2CS1. The van der Waals surface area contributed by atoms with Crippen LogP contribution in [0.3, 0.4) is 0 Å². The Morgan fingerprint density at radius 3 is 2.67 bits per heavy atom. The number of hydrogen-bond donors (Lipinski definition) is 2. The van der Waals surface area contributed by atoms with E-state index in [1.165, 1.54) is 11.8 Å². The molecule has 2 N–H and O–H groups in total. The molecule has 1 aromatic carbocycles. The van der Waals surface area contributed by atoms with Crippen LogP contribution in [0.2, 0.25) is 0 Å². The number of aryl methyl sites for hydroxylation is 1. The topological polar surface area (TPSA) is 74.6 Å². The number of piperazine rings is 1. The predicted octanol–water partition coefficient (Wildman–Crippen LogP) is 1.62. The summed E-state index contributed by atoms with van der Waals surface area (Å²) in [5.74, 6) is -1.13. The van der Waals surface area contributed by atoms with Gasteiger partial charge in [0.1, 0.15) is 11.4 Å². The third-order valence-electron chi connectivity index (χ3n) is 4.66. The molecule has 0 radical (unpaired) electrons. The monoisotopic (exact) mass is 349 g/mol. The highest BCUT2D eigenvalue weighted by Crippen LogP contribution is 2.39. The number of benzene rings is 1. The van der Waals surface area contributed by atoms with Crippen molar-refractivity contribution in [1.29, 1.82) is 0 Å². The lowest BCUT2D eigenvalue weighted by atomic mass is 10.0. The molecule has 2 aromatic rings. The number of rotatable bonds is 2. The molecule has 2 aliphatic rings. The van der Waals surface area contributed by atoms with E-state index in [1.54, 1.807) is 17.6 Å². The number of carboxylic acid groups (broad SMARTS) is 1. The zero-order chi connectivity index (χ0) is 17.0. The highest BCUT2D eigenvalue weighted by Gasteiger charge is 2.30. The lowest BCUT2D eigenvalue weighted by molar-refractivity contribution is 0.0689. The Bertz CT molecular complexity index is 935. The quantitative estimate of drug-likeness (QED) is 0.858. The van der Waals surface area contributed by atoms with Gasteiger partial charge in [-0.3, -0.25) is 4.79 Å². The van der Waals surface area contributed by atoms with Crippen molar-refractivity contribution in [2.24, 2.45) is 0 Å². The standard InChI is InChI=1S/C16H16FN3O3S/c1-8-11-9(6-10(13(8)17)19-4-2-18-3-5-19)20-7-24-15(20)12(14(11)21)16(22)23/h6,18H,2-5,7H2,1H3,(H,22,23). The van der Waals surface area contributed by atoms with Crippen molar-refractivity contribution in [3.05, 3.63) is 33.2 Å². The minimum Gasteiger partial charge on any atom is -0.477 e. The third kappa shape index (κ3) is 2.06. The summed E-state index contributed by atoms with van der Waals surface area (Å²) < 4.78 is 16.7. The van der Waals surface area contributed by atoms with E-state index < -0.39 is 17.2 Å². The molecule has 1 fully saturated rings. The van der Waals surface area contributed by atoms with Crippen molar-refractivity contribution in [1.82, 2.24) is 9.88 Å². The van der Waals surface area contributed by atoms with Crippen molar-refractivity contribution in [3.8, 4) is 0 Å². The van der Waals surface area contributed by atoms with Gasteiger partial charge in [-0.1, -0.05) is 11.8 Å². The molecule has 8 heteroatoms. The molecular formula is C16H16FN3O3S. The van der Waals surface area contributed by atoms with Gasteiger partial charge in [0, 0.05) is 31.7 Å². The molecule has 0 spiro atoms.